The molecule has 3 rings (SSSR count). The number of aryl methyl sites for hydroxylation is 1. The predicted octanol–water partition coefficient (Wildman–Crippen LogP) is 6.58. The summed E-state index contributed by atoms with van der Waals surface area (Å²) in [6, 6.07) is 3.04. The lowest BCUT2D eigenvalue weighted by Crippen LogP contribution is -1.90. The summed E-state index contributed by atoms with van der Waals surface area (Å²) in [5.74, 6) is -1.73. The molecule has 3 aromatic rings. The SMILES string of the molecule is CCCCCCc1cc(-c2c(F)c(F)cc3nsnc23)sc1Br. The summed E-state index contributed by atoms with van der Waals surface area (Å²) < 4.78 is 37.3. The normalized spacial score (nSPS) is 11.5. The molecule has 2 aromatic heterocycles. The molecule has 0 fully saturated rings. The van der Waals surface area contributed by atoms with E-state index in [2.05, 4.69) is 31.6 Å². The molecule has 0 amide bonds. The van der Waals surface area contributed by atoms with Crippen LogP contribution in [0.2, 0.25) is 0 Å². The number of thiophene rings is 1. The van der Waals surface area contributed by atoms with Crippen molar-refractivity contribution >= 4 is 50.0 Å². The van der Waals surface area contributed by atoms with Crippen LogP contribution < -0.4 is 0 Å². The maximum absolute atomic E-state index is 14.3. The highest BCUT2D eigenvalue weighted by Crippen LogP contribution is 2.40. The van der Waals surface area contributed by atoms with E-state index in [1.165, 1.54) is 30.6 Å². The first-order valence-electron chi connectivity index (χ1n) is 7.50. The van der Waals surface area contributed by atoms with Gasteiger partial charge in [0.2, 0.25) is 0 Å². The van der Waals surface area contributed by atoms with Gasteiger partial charge in [0.25, 0.3) is 0 Å². The number of benzene rings is 1. The highest BCUT2D eigenvalue weighted by atomic mass is 79.9. The van der Waals surface area contributed by atoms with Gasteiger partial charge in [-0.05, 0) is 40.4 Å². The summed E-state index contributed by atoms with van der Waals surface area (Å²) in [5.41, 5.74) is 2.19. The first kappa shape index (κ1) is 16.9. The lowest BCUT2D eigenvalue weighted by Gasteiger charge is -2.02. The van der Waals surface area contributed by atoms with Crippen LogP contribution >= 0.6 is 39.0 Å². The maximum Gasteiger partial charge on any atom is 0.169 e. The smallest absolute Gasteiger partial charge is 0.169 e. The maximum atomic E-state index is 14.3. The molecule has 23 heavy (non-hydrogen) atoms. The van der Waals surface area contributed by atoms with Crippen molar-refractivity contribution in [2.45, 2.75) is 39.0 Å². The van der Waals surface area contributed by atoms with Gasteiger partial charge in [-0.2, -0.15) is 8.75 Å². The minimum Gasteiger partial charge on any atom is -0.204 e. The van der Waals surface area contributed by atoms with Crippen LogP contribution in [0.1, 0.15) is 38.2 Å². The average molecular weight is 417 g/mol. The van der Waals surface area contributed by atoms with Crippen molar-refractivity contribution in [2.24, 2.45) is 0 Å². The average Bonchev–Trinajstić information content (AvgIpc) is 3.12. The van der Waals surface area contributed by atoms with Gasteiger partial charge in [0.1, 0.15) is 11.0 Å². The zero-order valence-electron chi connectivity index (χ0n) is 12.5. The van der Waals surface area contributed by atoms with Crippen LogP contribution in [0.25, 0.3) is 21.5 Å². The van der Waals surface area contributed by atoms with Gasteiger partial charge < -0.3 is 0 Å². The largest absolute Gasteiger partial charge is 0.204 e. The number of hydrogen-bond acceptors (Lipinski definition) is 4. The van der Waals surface area contributed by atoms with E-state index in [-0.39, 0.29) is 5.56 Å². The highest BCUT2D eigenvalue weighted by molar-refractivity contribution is 9.11. The van der Waals surface area contributed by atoms with E-state index in [0.29, 0.717) is 15.9 Å². The lowest BCUT2D eigenvalue weighted by atomic mass is 10.1. The van der Waals surface area contributed by atoms with E-state index < -0.39 is 11.6 Å². The third-order valence-electron chi connectivity index (χ3n) is 3.75. The second-order valence-corrected chi connectivity index (χ2v) is 8.30. The van der Waals surface area contributed by atoms with E-state index in [1.807, 2.05) is 6.07 Å². The molecule has 0 saturated heterocycles. The third kappa shape index (κ3) is 3.46. The Balaban J connectivity index is 1.96. The summed E-state index contributed by atoms with van der Waals surface area (Å²) in [4.78, 5) is 0.692. The van der Waals surface area contributed by atoms with Crippen LogP contribution in [0.5, 0.6) is 0 Å². The number of rotatable bonds is 6. The summed E-state index contributed by atoms with van der Waals surface area (Å²) in [6.45, 7) is 2.18. The molecule has 2 heterocycles. The van der Waals surface area contributed by atoms with Gasteiger partial charge in [-0.15, -0.1) is 11.3 Å². The van der Waals surface area contributed by atoms with Crippen LogP contribution in [-0.4, -0.2) is 8.75 Å². The Morgan fingerprint density at radius 3 is 2.74 bits per heavy atom. The van der Waals surface area contributed by atoms with Crippen LogP contribution in [0, 0.1) is 11.6 Å². The van der Waals surface area contributed by atoms with Crippen molar-refractivity contribution in [1.29, 1.82) is 0 Å². The first-order valence-corrected chi connectivity index (χ1v) is 9.84. The van der Waals surface area contributed by atoms with Gasteiger partial charge in [0.15, 0.2) is 11.6 Å². The van der Waals surface area contributed by atoms with Crippen LogP contribution in [0.3, 0.4) is 0 Å². The number of unbranched alkanes of at least 4 members (excludes halogenated alkanes) is 3. The molecule has 0 atom stereocenters. The monoisotopic (exact) mass is 416 g/mol. The summed E-state index contributed by atoms with van der Waals surface area (Å²) in [7, 11) is 0. The Bertz CT molecular complexity index is 829. The summed E-state index contributed by atoms with van der Waals surface area (Å²) in [5, 5.41) is 0. The van der Waals surface area contributed by atoms with Gasteiger partial charge in [0, 0.05) is 10.9 Å². The number of hydrogen-bond donors (Lipinski definition) is 0. The van der Waals surface area contributed by atoms with Crippen molar-refractivity contribution in [1.82, 2.24) is 8.75 Å². The Kier molecular flexibility index (Phi) is 5.38. The number of aromatic nitrogens is 2. The Morgan fingerprint density at radius 2 is 1.96 bits per heavy atom. The minimum absolute atomic E-state index is 0.222. The van der Waals surface area contributed by atoms with E-state index in [4.69, 9.17) is 0 Å². The number of halogens is 3. The molecule has 0 aliphatic carbocycles. The first-order chi connectivity index (χ1) is 11.1. The van der Waals surface area contributed by atoms with E-state index in [9.17, 15) is 8.78 Å². The fourth-order valence-electron chi connectivity index (χ4n) is 2.54. The fraction of sp³-hybridized carbons (Fsp3) is 0.375. The molecule has 7 heteroatoms. The topological polar surface area (TPSA) is 25.8 Å². The molecule has 0 N–H and O–H groups in total. The van der Waals surface area contributed by atoms with E-state index in [1.54, 1.807) is 0 Å². The van der Waals surface area contributed by atoms with Crippen molar-refractivity contribution in [2.75, 3.05) is 0 Å². The van der Waals surface area contributed by atoms with Crippen molar-refractivity contribution in [3.05, 3.63) is 33.1 Å². The lowest BCUT2D eigenvalue weighted by molar-refractivity contribution is 0.513. The second kappa shape index (κ2) is 7.32. The van der Waals surface area contributed by atoms with Crippen molar-refractivity contribution in [3.63, 3.8) is 0 Å². The Morgan fingerprint density at radius 1 is 1.13 bits per heavy atom. The fourth-order valence-corrected chi connectivity index (χ4v) is 4.88. The standard InChI is InChI=1S/C16H15BrF2N2S2/c1-2-3-4-5-6-9-7-12(22-16(9)17)13-14(19)10(18)8-11-15(13)21-23-20-11/h7-8H,2-6H2,1H3. The summed E-state index contributed by atoms with van der Waals surface area (Å²) in [6.07, 6.45) is 5.63. The van der Waals surface area contributed by atoms with Crippen LogP contribution in [0.4, 0.5) is 8.78 Å². The molecule has 0 unspecified atom stereocenters. The van der Waals surface area contributed by atoms with E-state index >= 15 is 0 Å². The van der Waals surface area contributed by atoms with Crippen LogP contribution in [0.15, 0.2) is 15.9 Å². The molecule has 0 bridgehead atoms. The molecule has 0 spiro atoms. The molecule has 2 nitrogen and oxygen atoms in total. The van der Waals surface area contributed by atoms with Gasteiger partial charge >= 0.3 is 0 Å². The summed E-state index contributed by atoms with van der Waals surface area (Å²) >= 11 is 5.94. The zero-order valence-corrected chi connectivity index (χ0v) is 15.8. The molecule has 0 aliphatic heterocycles. The predicted molar refractivity (Wildman–Crippen MR) is 96.2 cm³/mol. The quantitative estimate of drug-likeness (QED) is 0.423. The van der Waals surface area contributed by atoms with Gasteiger partial charge in [-0.1, -0.05) is 26.2 Å². The molecule has 122 valence electrons. The second-order valence-electron chi connectivity index (χ2n) is 5.40. The Hall–Kier alpha value is -0.920. The van der Waals surface area contributed by atoms with Gasteiger partial charge in [-0.25, -0.2) is 8.78 Å². The van der Waals surface area contributed by atoms with Crippen LogP contribution in [-0.2, 0) is 6.42 Å². The van der Waals surface area contributed by atoms with Gasteiger partial charge in [0.05, 0.1) is 21.1 Å². The molecule has 0 radical (unpaired) electrons. The zero-order chi connectivity index (χ0) is 16.4. The molecular formula is C16H15BrF2N2S2. The minimum atomic E-state index is -0.880. The third-order valence-corrected chi connectivity index (χ3v) is 6.27. The number of fused-ring (bicyclic) bond motifs is 1. The number of nitrogens with zero attached hydrogens (tertiary/aromatic N) is 2. The molecular weight excluding hydrogens is 402 g/mol. The molecule has 0 saturated carbocycles. The molecule has 1 aromatic carbocycles. The Labute approximate surface area is 150 Å². The molecule has 0 aliphatic rings. The van der Waals surface area contributed by atoms with Crippen molar-refractivity contribution < 1.29 is 8.78 Å². The van der Waals surface area contributed by atoms with Gasteiger partial charge in [-0.3, -0.25) is 0 Å². The van der Waals surface area contributed by atoms with Crippen molar-refractivity contribution in [3.8, 4) is 10.4 Å². The van der Waals surface area contributed by atoms with E-state index in [0.717, 1.165) is 40.0 Å². The highest BCUT2D eigenvalue weighted by Gasteiger charge is 2.20.